The van der Waals surface area contributed by atoms with Crippen LogP contribution >= 0.6 is 0 Å². The molecule has 0 aromatic heterocycles. The van der Waals surface area contributed by atoms with Crippen LogP contribution in [0.2, 0.25) is 8.26 Å². The van der Waals surface area contributed by atoms with Crippen molar-refractivity contribution >= 4 is 12.2 Å². The fourth-order valence-corrected chi connectivity index (χ4v) is 27.9. The van der Waals surface area contributed by atoms with Crippen molar-refractivity contribution in [2.75, 3.05) is 0 Å². The maximum Gasteiger partial charge on any atom is -1.00 e. The summed E-state index contributed by atoms with van der Waals surface area (Å²) in [5, 5.41) is 0. The molecule has 47 heavy (non-hydrogen) atoms. The Morgan fingerprint density at radius 2 is 0.851 bits per heavy atom. The van der Waals surface area contributed by atoms with Crippen molar-refractivity contribution in [3.63, 3.8) is 0 Å². The van der Waals surface area contributed by atoms with Crippen molar-refractivity contribution in [1.29, 1.82) is 0 Å². The Bertz CT molecular complexity index is 1760. The molecule has 244 valence electrons. The van der Waals surface area contributed by atoms with Crippen molar-refractivity contribution in [3.8, 4) is 22.3 Å². The molecule has 1 heterocycles. The summed E-state index contributed by atoms with van der Waals surface area (Å²) in [5.41, 5.74) is 24.0. The van der Waals surface area contributed by atoms with Gasteiger partial charge in [-0.05, 0) is 0 Å². The van der Waals surface area contributed by atoms with Gasteiger partial charge >= 0.3 is 279 Å². The Morgan fingerprint density at radius 3 is 1.15 bits per heavy atom. The zero-order valence-electron chi connectivity index (χ0n) is 29.9. The zero-order chi connectivity index (χ0) is 31.9. The van der Waals surface area contributed by atoms with Crippen LogP contribution in [0.4, 0.5) is 0 Å². The molecule has 0 radical (unpaired) electrons. The standard InChI is InChI=1S/2C21H23.C2H4.2ClH.Zr/c2*1-13(2)17-11-20-16(5)6-7-19(21(20)12-17)18-9-14(3)8-15(4)10-18;1-2;;;/h2*6-13H,1-5H3;1-2H2;2*1H;/q;;;;;+2/p-2. The van der Waals surface area contributed by atoms with Crippen LogP contribution in [0, 0.1) is 53.4 Å². The zero-order valence-corrected chi connectivity index (χ0v) is 33.9. The number of allylic oxidation sites excluding steroid dienone is 2. The van der Waals surface area contributed by atoms with Crippen LogP contribution in [0.15, 0.2) is 71.8 Å². The summed E-state index contributed by atoms with van der Waals surface area (Å²) in [6.07, 6.45) is 5.35. The fraction of sp³-hybridized carbons (Fsp3) is 0.364. The van der Waals surface area contributed by atoms with Gasteiger partial charge < -0.3 is 24.8 Å². The largest absolute Gasteiger partial charge is 1.00 e. The number of fused-ring (bicyclic) bond motifs is 2. The molecule has 4 aromatic carbocycles. The minimum absolute atomic E-state index is 0. The SMILES string of the molecule is Cc1cc(C)cc(-c2ccc(C)c3c2C=C(C(C)C)[CH]3[Zr+2]2([CH]3C(C(C)C)=Cc4c(-c5cc(C)cc(C)c5)ccc(C)c43)[CH2][CH2]2)c1.[Cl-].[Cl-]. The second-order valence-electron chi connectivity index (χ2n) is 15.5. The first-order chi connectivity index (χ1) is 21.4. The first-order valence-corrected chi connectivity index (χ1v) is 23.6. The fourth-order valence-electron chi connectivity index (χ4n) is 9.29. The number of aryl methyl sites for hydroxylation is 6. The van der Waals surface area contributed by atoms with Crippen LogP contribution < -0.4 is 24.8 Å². The first-order valence-electron chi connectivity index (χ1n) is 17.3. The number of hydrogen-bond acceptors (Lipinski definition) is 0. The molecule has 2 unspecified atom stereocenters. The van der Waals surface area contributed by atoms with Crippen molar-refractivity contribution in [1.82, 2.24) is 0 Å². The predicted molar refractivity (Wildman–Crippen MR) is 193 cm³/mol. The van der Waals surface area contributed by atoms with Crippen LogP contribution in [0.1, 0.15) is 90.6 Å². The van der Waals surface area contributed by atoms with Gasteiger partial charge in [0.15, 0.2) is 0 Å². The number of hydrogen-bond donors (Lipinski definition) is 0. The number of rotatable bonds is 6. The maximum atomic E-state index is 2.68. The van der Waals surface area contributed by atoms with E-state index in [0.717, 1.165) is 0 Å². The molecule has 1 saturated heterocycles. The third kappa shape index (κ3) is 6.02. The van der Waals surface area contributed by atoms with Gasteiger partial charge in [0.05, 0.1) is 0 Å². The molecule has 1 aliphatic heterocycles. The van der Waals surface area contributed by atoms with E-state index in [1.165, 1.54) is 75.0 Å². The van der Waals surface area contributed by atoms with Crippen LogP contribution in [-0.4, -0.2) is 0 Å². The number of halogens is 2. The van der Waals surface area contributed by atoms with Gasteiger partial charge in [-0.25, -0.2) is 0 Å². The molecule has 0 bridgehead atoms. The average Bonchev–Trinajstić information content (AvgIpc) is 3.45. The van der Waals surface area contributed by atoms with Crippen LogP contribution in [0.25, 0.3) is 34.4 Å². The van der Waals surface area contributed by atoms with Crippen LogP contribution in [0.3, 0.4) is 0 Å². The molecule has 0 amide bonds. The number of benzene rings is 4. The van der Waals surface area contributed by atoms with E-state index in [4.69, 9.17) is 0 Å². The van der Waals surface area contributed by atoms with Crippen molar-refractivity contribution in [2.45, 2.75) is 84.7 Å². The quantitative estimate of drug-likeness (QED) is 0.205. The predicted octanol–water partition coefficient (Wildman–Crippen LogP) is 6.77. The third-order valence-electron chi connectivity index (χ3n) is 11.3. The molecule has 7 rings (SSSR count). The molecule has 4 aromatic rings. The van der Waals surface area contributed by atoms with E-state index < -0.39 is 20.3 Å². The van der Waals surface area contributed by atoms with Crippen molar-refractivity contribution in [3.05, 3.63) is 127 Å². The average molecular weight is 741 g/mol. The van der Waals surface area contributed by atoms with Gasteiger partial charge in [0.2, 0.25) is 0 Å². The molecule has 3 aliphatic rings. The molecule has 3 heteroatoms. The van der Waals surface area contributed by atoms with Crippen LogP contribution in [0.5, 0.6) is 0 Å². The summed E-state index contributed by atoms with van der Waals surface area (Å²) in [6, 6.07) is 23.9. The maximum absolute atomic E-state index is 2.88. The molecule has 0 spiro atoms. The van der Waals surface area contributed by atoms with Crippen molar-refractivity contribution < 1.29 is 45.1 Å². The van der Waals surface area contributed by atoms with E-state index in [9.17, 15) is 0 Å². The summed E-state index contributed by atoms with van der Waals surface area (Å²) in [5.74, 6) is 1.11. The minimum Gasteiger partial charge on any atom is -1.00 e. The molecular weight excluding hydrogens is 691 g/mol. The molecule has 2 aliphatic carbocycles. The molecule has 0 N–H and O–H groups in total. The summed E-state index contributed by atoms with van der Waals surface area (Å²) in [6.45, 7) is 23.6. The smallest absolute Gasteiger partial charge is 1.00 e. The Kier molecular flexibility index (Phi) is 10.2. The van der Waals surface area contributed by atoms with E-state index in [1.807, 2.05) is 0 Å². The van der Waals surface area contributed by atoms with Gasteiger partial charge in [0.25, 0.3) is 0 Å². The minimum atomic E-state index is -2.88. The van der Waals surface area contributed by atoms with Gasteiger partial charge in [-0.2, -0.15) is 0 Å². The van der Waals surface area contributed by atoms with E-state index >= 15 is 0 Å². The summed E-state index contributed by atoms with van der Waals surface area (Å²) < 4.78 is 4.31. The monoisotopic (exact) mass is 738 g/mol. The molecule has 2 atom stereocenters. The Morgan fingerprint density at radius 1 is 0.511 bits per heavy atom. The van der Waals surface area contributed by atoms with Gasteiger partial charge in [-0.1, -0.05) is 0 Å². The Labute approximate surface area is 301 Å². The first kappa shape index (κ1) is 36.1. The van der Waals surface area contributed by atoms with E-state index in [1.54, 1.807) is 22.3 Å². The van der Waals surface area contributed by atoms with Gasteiger partial charge in [0.1, 0.15) is 0 Å². The normalized spacial score (nSPS) is 18.0. The van der Waals surface area contributed by atoms with E-state index in [-0.39, 0.29) is 24.8 Å². The summed E-state index contributed by atoms with van der Waals surface area (Å²) >= 11 is -2.88. The van der Waals surface area contributed by atoms with Gasteiger partial charge in [-0.15, -0.1) is 0 Å². The van der Waals surface area contributed by atoms with Crippen LogP contribution in [-0.2, 0) is 20.3 Å². The molecular formula is C44H50Cl2Zr. The summed E-state index contributed by atoms with van der Waals surface area (Å²) in [7, 11) is 0. The second kappa shape index (κ2) is 13.3. The molecule has 0 nitrogen and oxygen atoms in total. The van der Waals surface area contributed by atoms with Gasteiger partial charge in [-0.3, -0.25) is 0 Å². The second-order valence-corrected chi connectivity index (χ2v) is 26.8. The topological polar surface area (TPSA) is 0 Å². The summed E-state index contributed by atoms with van der Waals surface area (Å²) in [4.78, 5) is 0. The van der Waals surface area contributed by atoms with Crippen molar-refractivity contribution in [2.24, 2.45) is 11.8 Å². The third-order valence-corrected chi connectivity index (χ3v) is 24.0. The Balaban J connectivity index is 0.00000217. The van der Waals surface area contributed by atoms with Gasteiger partial charge in [0, 0.05) is 0 Å². The Hall–Kier alpha value is -2.18. The molecule has 1 fully saturated rings. The van der Waals surface area contributed by atoms with E-state index in [2.05, 4.69) is 142 Å². The molecule has 0 saturated carbocycles. The van der Waals surface area contributed by atoms with E-state index in [0.29, 0.717) is 19.1 Å².